The molecule has 1 fully saturated rings. The number of imidazole rings is 2. The third-order valence-electron chi connectivity index (χ3n) is 11.0. The molecule has 0 bridgehead atoms. The van der Waals surface area contributed by atoms with Crippen LogP contribution in [0.15, 0.2) is 36.4 Å². The molecule has 13 heteroatoms. The molecule has 51 heavy (non-hydrogen) atoms. The minimum absolute atomic E-state index is 0.215. The number of likely N-dealkylation sites (N-methyl/N-ethyl adjacent to an activating group) is 1. The largest absolute Gasteiger partial charge is 0.481 e. The molecule has 12 nitrogen and oxygen atoms in total. The van der Waals surface area contributed by atoms with Gasteiger partial charge in [-0.25, -0.2) is 9.97 Å². The number of fused-ring (bicyclic) bond motifs is 2. The van der Waals surface area contributed by atoms with Crippen LogP contribution in [0.1, 0.15) is 75.3 Å². The summed E-state index contributed by atoms with van der Waals surface area (Å²) in [5.41, 5.74) is 7.51. The number of halogens is 1. The minimum atomic E-state index is -0.679. The third kappa shape index (κ3) is 6.92. The third-order valence-corrected chi connectivity index (χ3v) is 11.4. The summed E-state index contributed by atoms with van der Waals surface area (Å²) >= 11 is 6.98. The van der Waals surface area contributed by atoms with Gasteiger partial charge in [0.2, 0.25) is 0 Å². The molecule has 7 rings (SSSR count). The summed E-state index contributed by atoms with van der Waals surface area (Å²) in [5.74, 6) is -0.316. The van der Waals surface area contributed by atoms with Crippen molar-refractivity contribution in [1.82, 2.24) is 28.9 Å². The van der Waals surface area contributed by atoms with Gasteiger partial charge in [0.25, 0.3) is 11.8 Å². The highest BCUT2D eigenvalue weighted by molar-refractivity contribution is 6.36. The van der Waals surface area contributed by atoms with E-state index >= 15 is 0 Å². The van der Waals surface area contributed by atoms with Crippen molar-refractivity contribution in [3.8, 4) is 11.1 Å². The molecular formula is C38H45ClN8O4. The molecule has 2 aromatic heterocycles. The molecule has 1 aliphatic carbocycles. The molecule has 268 valence electrons. The number of carbonyl (C=O) groups is 3. The second kappa shape index (κ2) is 14.2. The lowest BCUT2D eigenvalue weighted by Gasteiger charge is -2.33. The van der Waals surface area contributed by atoms with Crippen LogP contribution in [0.5, 0.6) is 0 Å². The predicted molar refractivity (Wildman–Crippen MR) is 196 cm³/mol. The summed E-state index contributed by atoms with van der Waals surface area (Å²) in [7, 11) is 5.82. The molecule has 2 amide bonds. The number of carboxylic acid groups (broad SMARTS) is 1. The Kier molecular flexibility index (Phi) is 9.75. The van der Waals surface area contributed by atoms with Crippen molar-refractivity contribution in [3.05, 3.63) is 81.4 Å². The summed E-state index contributed by atoms with van der Waals surface area (Å²) in [6.07, 6.45) is 4.98. The smallest absolute Gasteiger partial charge is 0.306 e. The number of rotatable bonds is 8. The second-order valence-corrected chi connectivity index (χ2v) is 14.7. The van der Waals surface area contributed by atoms with E-state index in [2.05, 4.69) is 32.5 Å². The van der Waals surface area contributed by atoms with Crippen LogP contribution in [0.4, 0.5) is 11.4 Å². The standard InChI is InChI=1S/C38H45ClN8O4/c1-22-25(7-5-9-27(22)42-36(48)34-40-29-20-44(2)17-15-31(29)45(34)3)26-8-6-10-28(33(26)39)43-37(49)35-41-30-21-47(18-16-32(30)46(35)4)19-23-11-13-24(14-12-23)38(50)51/h5-10,23-24H,11-21H2,1-4H3,(H,42,48)(H,43,49)(H,50,51). The maximum absolute atomic E-state index is 13.7. The van der Waals surface area contributed by atoms with Gasteiger partial charge in [0.1, 0.15) is 0 Å². The molecule has 4 aromatic rings. The van der Waals surface area contributed by atoms with Crippen molar-refractivity contribution < 1.29 is 19.5 Å². The van der Waals surface area contributed by atoms with E-state index in [1.165, 1.54) is 0 Å². The lowest BCUT2D eigenvalue weighted by Crippen LogP contribution is -2.36. The molecule has 0 unspecified atom stereocenters. The molecule has 2 aromatic carbocycles. The van der Waals surface area contributed by atoms with Gasteiger partial charge in [-0.15, -0.1) is 0 Å². The Labute approximate surface area is 302 Å². The number of carboxylic acids is 1. The van der Waals surface area contributed by atoms with Gasteiger partial charge in [-0.1, -0.05) is 35.9 Å². The van der Waals surface area contributed by atoms with Gasteiger partial charge in [0.15, 0.2) is 11.6 Å². The van der Waals surface area contributed by atoms with Gasteiger partial charge in [-0.2, -0.15) is 0 Å². The first-order chi connectivity index (χ1) is 24.5. The molecular weight excluding hydrogens is 668 g/mol. The second-order valence-electron chi connectivity index (χ2n) is 14.4. The number of nitrogens with zero attached hydrogens (tertiary/aromatic N) is 6. The number of aromatic nitrogens is 4. The average Bonchev–Trinajstić information content (AvgIpc) is 3.62. The number of aliphatic carboxylic acids is 1. The summed E-state index contributed by atoms with van der Waals surface area (Å²) in [4.78, 5) is 52.5. The molecule has 0 saturated heterocycles. The highest BCUT2D eigenvalue weighted by atomic mass is 35.5. The number of nitrogens with one attached hydrogen (secondary N) is 2. The average molecular weight is 713 g/mol. The zero-order valence-electron chi connectivity index (χ0n) is 29.6. The highest BCUT2D eigenvalue weighted by Gasteiger charge is 2.31. The van der Waals surface area contributed by atoms with Crippen molar-refractivity contribution in [2.24, 2.45) is 25.9 Å². The fraction of sp³-hybridized carbons (Fsp3) is 0.447. The van der Waals surface area contributed by atoms with Crippen molar-refractivity contribution in [2.75, 3.05) is 37.3 Å². The van der Waals surface area contributed by atoms with Gasteiger partial charge in [-0.05, 0) is 68.8 Å². The van der Waals surface area contributed by atoms with Crippen LogP contribution in [0.2, 0.25) is 5.02 Å². The van der Waals surface area contributed by atoms with Crippen molar-refractivity contribution in [1.29, 1.82) is 0 Å². The molecule has 0 spiro atoms. The SMILES string of the molecule is Cc1c(NC(=O)c2nc3c(n2C)CCN(C)C3)cccc1-c1cccc(NC(=O)c2nc3c(n2C)CCN(CC2CCC(C(=O)O)CC2)C3)c1Cl. The Morgan fingerprint density at radius 1 is 0.804 bits per heavy atom. The molecule has 3 aliphatic rings. The van der Waals surface area contributed by atoms with E-state index in [1.807, 2.05) is 60.5 Å². The normalized spacial score (nSPS) is 19.3. The van der Waals surface area contributed by atoms with E-state index < -0.39 is 5.97 Å². The van der Waals surface area contributed by atoms with Crippen LogP contribution >= 0.6 is 11.6 Å². The van der Waals surface area contributed by atoms with Crippen LogP contribution in [0.3, 0.4) is 0 Å². The topological polar surface area (TPSA) is 138 Å². The van der Waals surface area contributed by atoms with E-state index in [0.29, 0.717) is 40.5 Å². The number of hydrogen-bond donors (Lipinski definition) is 3. The van der Waals surface area contributed by atoms with Crippen LogP contribution in [0, 0.1) is 18.8 Å². The Morgan fingerprint density at radius 2 is 1.37 bits per heavy atom. The monoisotopic (exact) mass is 712 g/mol. The van der Waals surface area contributed by atoms with Gasteiger partial charge in [-0.3, -0.25) is 19.3 Å². The van der Waals surface area contributed by atoms with Gasteiger partial charge < -0.3 is 29.8 Å². The predicted octanol–water partition coefficient (Wildman–Crippen LogP) is 5.52. The Hall–Kier alpha value is -4.52. The Balaban J connectivity index is 1.04. The first-order valence-electron chi connectivity index (χ1n) is 17.7. The van der Waals surface area contributed by atoms with E-state index in [4.69, 9.17) is 16.6 Å². The minimum Gasteiger partial charge on any atom is -0.481 e. The summed E-state index contributed by atoms with van der Waals surface area (Å²) < 4.78 is 3.77. The van der Waals surface area contributed by atoms with Gasteiger partial charge in [0.05, 0.1) is 28.0 Å². The summed E-state index contributed by atoms with van der Waals surface area (Å²) in [6, 6.07) is 11.2. The van der Waals surface area contributed by atoms with Gasteiger partial charge >= 0.3 is 5.97 Å². The van der Waals surface area contributed by atoms with Crippen molar-refractivity contribution in [3.63, 3.8) is 0 Å². The van der Waals surface area contributed by atoms with E-state index in [-0.39, 0.29) is 17.7 Å². The molecule has 0 radical (unpaired) electrons. The zero-order valence-corrected chi connectivity index (χ0v) is 30.4. The molecule has 2 aliphatic heterocycles. The molecule has 4 heterocycles. The first kappa shape index (κ1) is 34.9. The molecule has 1 saturated carbocycles. The van der Waals surface area contributed by atoms with Crippen molar-refractivity contribution >= 4 is 40.8 Å². The van der Waals surface area contributed by atoms with E-state index in [1.54, 1.807) is 6.07 Å². The summed E-state index contributed by atoms with van der Waals surface area (Å²) in [5, 5.41) is 15.8. The van der Waals surface area contributed by atoms with E-state index in [0.717, 1.165) is 104 Å². The van der Waals surface area contributed by atoms with Crippen LogP contribution in [-0.2, 0) is 44.8 Å². The number of anilines is 2. The van der Waals surface area contributed by atoms with Crippen LogP contribution in [-0.4, -0.2) is 78.5 Å². The fourth-order valence-corrected chi connectivity index (χ4v) is 8.29. The zero-order chi connectivity index (χ0) is 36.0. The molecule has 0 atom stereocenters. The highest BCUT2D eigenvalue weighted by Crippen LogP contribution is 2.38. The number of hydrogen-bond acceptors (Lipinski definition) is 7. The number of carbonyl (C=O) groups excluding carboxylic acids is 2. The van der Waals surface area contributed by atoms with Gasteiger partial charge in [0, 0.05) is 82.3 Å². The summed E-state index contributed by atoms with van der Waals surface area (Å²) in [6.45, 7) is 6.04. The Morgan fingerprint density at radius 3 is 2.02 bits per heavy atom. The molecule has 3 N–H and O–H groups in total. The van der Waals surface area contributed by atoms with Crippen molar-refractivity contribution in [2.45, 2.75) is 58.5 Å². The number of benzene rings is 2. The van der Waals surface area contributed by atoms with Crippen LogP contribution < -0.4 is 10.6 Å². The lowest BCUT2D eigenvalue weighted by atomic mass is 9.81. The fourth-order valence-electron chi connectivity index (χ4n) is 8.02. The lowest BCUT2D eigenvalue weighted by molar-refractivity contribution is -0.143. The van der Waals surface area contributed by atoms with E-state index in [9.17, 15) is 19.5 Å². The maximum Gasteiger partial charge on any atom is 0.306 e. The maximum atomic E-state index is 13.7. The Bertz CT molecular complexity index is 2010. The number of amides is 2. The van der Waals surface area contributed by atoms with Crippen LogP contribution in [0.25, 0.3) is 11.1 Å². The first-order valence-corrected chi connectivity index (χ1v) is 18.1. The quantitative estimate of drug-likeness (QED) is 0.217.